The number of aryl methyl sites for hydroxylation is 8. The van der Waals surface area contributed by atoms with Crippen molar-refractivity contribution in [2.45, 2.75) is 194 Å². The molecule has 28 nitrogen and oxygen atoms in total. The summed E-state index contributed by atoms with van der Waals surface area (Å²) in [5.41, 5.74) is 12.0. The maximum atomic E-state index is 12.8. The van der Waals surface area contributed by atoms with Gasteiger partial charge in [-0.3, -0.25) is 47.0 Å². The second kappa shape index (κ2) is 25.0. The molecule has 0 radical (unpaired) electrons. The summed E-state index contributed by atoms with van der Waals surface area (Å²) in [6.07, 6.45) is 20.8. The van der Waals surface area contributed by atoms with E-state index in [-0.39, 0.29) is 62.5 Å². The number of allylic oxidation sites excluding steroid dienone is 3. The summed E-state index contributed by atoms with van der Waals surface area (Å²) in [5.74, 6) is 4.83. The van der Waals surface area contributed by atoms with Gasteiger partial charge in [0.2, 0.25) is 11.5 Å². The molecule has 8 aliphatic carbocycles. The maximum Gasteiger partial charge on any atom is 0.282 e. The van der Waals surface area contributed by atoms with E-state index in [4.69, 9.17) is 39.4 Å². The zero-order valence-corrected chi connectivity index (χ0v) is 64.6. The molecule has 9 atom stereocenters. The van der Waals surface area contributed by atoms with E-state index in [9.17, 15) is 19.5 Å². The van der Waals surface area contributed by atoms with E-state index < -0.39 is 27.7 Å². The van der Waals surface area contributed by atoms with E-state index in [0.717, 1.165) is 121 Å². The summed E-state index contributed by atoms with van der Waals surface area (Å²) in [6, 6.07) is -0.587. The number of rotatable bonds is 4. The van der Waals surface area contributed by atoms with Crippen LogP contribution in [0.2, 0.25) is 0 Å². The minimum absolute atomic E-state index is 0.0412. The largest absolute Gasteiger partial charge is 0.515 e. The van der Waals surface area contributed by atoms with Gasteiger partial charge >= 0.3 is 0 Å². The van der Waals surface area contributed by atoms with Gasteiger partial charge in [-0.05, 0) is 87.9 Å². The molecule has 0 aromatic carbocycles. The molecule has 9 aromatic heterocycles. The summed E-state index contributed by atoms with van der Waals surface area (Å²) in [5, 5.41) is 51.2. The lowest BCUT2D eigenvalue weighted by Gasteiger charge is -2.52. The fourth-order valence-corrected chi connectivity index (χ4v) is 21.2. The number of hydrogen-bond donors (Lipinski definition) is 1. The average molecular weight is 1430 g/mol. The van der Waals surface area contributed by atoms with Crippen molar-refractivity contribution in [3.05, 3.63) is 134 Å². The van der Waals surface area contributed by atoms with E-state index in [1.54, 1.807) is 44.0 Å². The zero-order chi connectivity index (χ0) is 76.8. The molecule has 1 N–H and O–H groups in total. The minimum Gasteiger partial charge on any atom is -0.515 e. The topological polar surface area (TPSA) is 300 Å². The molecule has 1 unspecified atom stereocenters. The van der Waals surface area contributed by atoms with Crippen LogP contribution in [-0.4, -0.2) is 132 Å². The van der Waals surface area contributed by atoms with Crippen LogP contribution in [0.5, 0.6) is 0 Å². The van der Waals surface area contributed by atoms with Gasteiger partial charge in [0, 0.05) is 141 Å². The Morgan fingerprint density at radius 3 is 1.28 bits per heavy atom. The Labute approximate surface area is 614 Å². The highest BCUT2D eigenvalue weighted by Gasteiger charge is 2.63. The van der Waals surface area contributed by atoms with Gasteiger partial charge in [0.15, 0.2) is 34.9 Å². The summed E-state index contributed by atoms with van der Waals surface area (Å²) in [6.45, 7) is 40.3. The quantitative estimate of drug-likeness (QED) is 0.0972. The van der Waals surface area contributed by atoms with E-state index in [1.807, 2.05) is 129 Å². The molecule has 28 heteroatoms. The second-order valence-corrected chi connectivity index (χ2v) is 33.7. The first-order valence-corrected chi connectivity index (χ1v) is 36.0. The number of nitrogens with zero attached hydrogens (tertiary/aromatic N) is 23. The van der Waals surface area contributed by atoms with Crippen LogP contribution < -0.4 is 0 Å². The number of aromatic nitrogens is 21. The molecule has 0 saturated heterocycles. The first-order chi connectivity index (χ1) is 49.9. The average Bonchev–Trinajstić information content (AvgIpc) is 1.45. The van der Waals surface area contributed by atoms with Gasteiger partial charge in [-0.25, -0.2) is 31.4 Å². The van der Waals surface area contributed by atoms with E-state index in [1.165, 1.54) is 35.4 Å². The highest BCUT2D eigenvalue weighted by atomic mass is 16.5. The Kier molecular flexibility index (Phi) is 17.1. The highest BCUT2D eigenvalue weighted by Crippen LogP contribution is 2.61. The molecule has 9 heterocycles. The predicted molar refractivity (Wildman–Crippen MR) is 391 cm³/mol. The van der Waals surface area contributed by atoms with Crippen molar-refractivity contribution in [2.75, 3.05) is 0 Å². The first-order valence-electron chi connectivity index (χ1n) is 37.0. The van der Waals surface area contributed by atoms with Gasteiger partial charge in [0.1, 0.15) is 53.8 Å². The maximum absolute atomic E-state index is 12.8. The van der Waals surface area contributed by atoms with Gasteiger partial charge < -0.3 is 19.3 Å². The molecular formula is C77H99N23O5. The Morgan fingerprint density at radius 1 is 0.505 bits per heavy atom. The second-order valence-electron chi connectivity index (χ2n) is 33.7. The molecule has 8 aliphatic rings. The number of hydrogen-bond acceptors (Lipinski definition) is 18. The lowest BCUT2D eigenvalue weighted by molar-refractivity contribution is -0.137. The molecule has 552 valence electrons. The SMILES string of the molecule is Cn1cnc(-c2c3c(nn2C)[C@@]2(C)C/C(=C/O)C(=O)C(C)(C)[C@@H]2CC3)n1.Cn1cnc(-c2c3c(nn2C)[C@@]2(C)Cc4cnoc4C(C)(C)[C@@H]2CC3)n1.[3H]C.[C-]#[N+]C1=C[C@]2(C)c3nn(C)c(-c4ncn(C)n4)c3CC[C@H]2C(C)(C)C1=O.[C-]#[N+]C1C[C@]2(C)c3nn(C)c(-c4ncn(C)n4)c3CC[C@H]2C(C)(C)C1=O. The number of carbonyl (C=O) groups is 3. The molecule has 2 saturated carbocycles. The third kappa shape index (κ3) is 10.9. The smallest absolute Gasteiger partial charge is 0.282 e. The van der Waals surface area contributed by atoms with E-state index >= 15 is 0 Å². The minimum atomic E-state index is -0.587. The summed E-state index contributed by atoms with van der Waals surface area (Å²) in [4.78, 5) is 63.3. The van der Waals surface area contributed by atoms with Crippen LogP contribution in [0.25, 0.3) is 55.8 Å². The Balaban J connectivity index is 0.000000124. The summed E-state index contributed by atoms with van der Waals surface area (Å²) < 4.78 is 25.7. The van der Waals surface area contributed by atoms with Gasteiger partial charge in [-0.1, -0.05) is 102 Å². The van der Waals surface area contributed by atoms with Crippen molar-refractivity contribution in [1.82, 2.24) is 103 Å². The number of Topliss-reactive ketones (excluding diaryl/α,β-unsaturated/α-hetero) is 3. The van der Waals surface area contributed by atoms with Crippen molar-refractivity contribution in [1.29, 1.82) is 0 Å². The Hall–Kier alpha value is -10.1. The third-order valence-corrected chi connectivity index (χ3v) is 25.7. The number of fused-ring (bicyclic) bond motifs is 13. The number of aliphatic hydroxyl groups is 1. The highest BCUT2D eigenvalue weighted by molar-refractivity contribution is 6.03. The van der Waals surface area contributed by atoms with Crippen LogP contribution in [-0.2, 0) is 130 Å². The predicted octanol–water partition coefficient (Wildman–Crippen LogP) is 10.4. The van der Waals surface area contributed by atoms with Crippen LogP contribution in [0.4, 0.5) is 0 Å². The van der Waals surface area contributed by atoms with Crippen LogP contribution >= 0.6 is 0 Å². The standard InChI is InChI=1S/2C19H24N6O.C19H22N6O.C19H25N5O2.CH4/c1-18(2)13-7-6-12-14(17-20-10-24(4)23-17)25(5)22-15(12)19(13,3)8-11-9-21-26-16(11)18;2*1-18(2)13-8-7-11-14(17-21-10-24(5)23-17)25(6)22-15(11)19(13,3)9-12(20-4)16(18)26;1-18(2)13-7-6-12-14(17-20-10-23(4)22-17)24(5)21-15(12)19(13,3)8-11(9-25)16(18)26;/h9-10,13H,6-8H2,1-5H3;10,12-13H,7-9H2,1-3,5-6H3;9-10,13H,7-8H2,1-3,5-6H3;9-10,13,25H,6-8H2,1-5H3;1H4/b;;;11-9-;/t13-,19-;12?,13-,19-;2*13-,19-;/m0000./s1/i;;;;1T. The van der Waals surface area contributed by atoms with Crippen LogP contribution in [0, 0.1) is 53.1 Å². The molecule has 0 aliphatic heterocycles. The molecule has 2 fully saturated rings. The monoisotopic (exact) mass is 1430 g/mol. The molecular weight excluding hydrogens is 1330 g/mol. The van der Waals surface area contributed by atoms with Crippen molar-refractivity contribution in [3.8, 4) is 46.1 Å². The van der Waals surface area contributed by atoms with Crippen molar-refractivity contribution < 1.29 is 25.4 Å². The third-order valence-electron chi connectivity index (χ3n) is 25.7. The van der Waals surface area contributed by atoms with Crippen LogP contribution in [0.1, 0.15) is 187 Å². The fourth-order valence-electron chi connectivity index (χ4n) is 21.2. The molecule has 9 aromatic rings. The lowest BCUT2D eigenvalue weighted by atomic mass is 9.50. The van der Waals surface area contributed by atoms with Gasteiger partial charge in [0.25, 0.3) is 6.04 Å². The summed E-state index contributed by atoms with van der Waals surface area (Å²) >= 11 is 0. The van der Waals surface area contributed by atoms with Gasteiger partial charge in [-0.2, -0.15) is 20.4 Å². The number of ketones is 3. The van der Waals surface area contributed by atoms with E-state index in [0.29, 0.717) is 41.8 Å². The van der Waals surface area contributed by atoms with Crippen molar-refractivity contribution in [3.63, 3.8) is 0 Å². The number of aliphatic hydroxyl groups excluding tert-OH is 1. The Morgan fingerprint density at radius 2 is 0.876 bits per heavy atom. The van der Waals surface area contributed by atoms with Gasteiger partial charge in [0.05, 0.1) is 41.8 Å². The molecule has 105 heavy (non-hydrogen) atoms. The zero-order valence-electron chi connectivity index (χ0n) is 65.6. The number of carbonyl (C=O) groups excluding carboxylic acids is 3. The van der Waals surface area contributed by atoms with Crippen LogP contribution in [0.15, 0.2) is 59.6 Å². The fraction of sp³-hybridized carbons (Fsp3) is 0.584. The first kappa shape index (κ1) is 71.9. The Bertz CT molecular complexity index is 5170. The normalized spacial score (nSPS) is 27.7. The van der Waals surface area contributed by atoms with E-state index in [2.05, 4.69) is 96.7 Å². The van der Waals surface area contributed by atoms with Gasteiger partial charge in [-0.15, -0.1) is 20.4 Å². The summed E-state index contributed by atoms with van der Waals surface area (Å²) in [7, 11) is 16.4. The molecule has 17 rings (SSSR count). The van der Waals surface area contributed by atoms with Crippen molar-refractivity contribution >= 4 is 17.3 Å². The van der Waals surface area contributed by atoms with Crippen molar-refractivity contribution in [2.24, 2.45) is 96.3 Å². The van der Waals surface area contributed by atoms with Crippen LogP contribution in [0.3, 0.4) is 0 Å². The molecule has 0 spiro atoms. The molecule has 0 amide bonds. The molecule has 0 bridgehead atoms. The lowest BCUT2D eigenvalue weighted by Crippen LogP contribution is -2.56.